The minimum Gasteiger partial charge on any atom is -0.325 e. The highest BCUT2D eigenvalue weighted by atomic mass is 32.1. The van der Waals surface area contributed by atoms with E-state index < -0.39 is 17.4 Å². The number of fused-ring (bicyclic) bond motifs is 1. The highest BCUT2D eigenvalue weighted by Gasteiger charge is 2.16. The molecule has 1 amide bonds. The number of hydrogen-bond donors (Lipinski definition) is 1. The Morgan fingerprint density at radius 2 is 1.88 bits per heavy atom. The Balaban J connectivity index is 1.94. The van der Waals surface area contributed by atoms with Gasteiger partial charge in [0.15, 0.2) is 0 Å². The minimum absolute atomic E-state index is 0.226. The van der Waals surface area contributed by atoms with Crippen LogP contribution in [0.5, 0.6) is 0 Å². The lowest BCUT2D eigenvalue weighted by Crippen LogP contribution is -2.41. The van der Waals surface area contributed by atoms with Crippen molar-refractivity contribution in [2.24, 2.45) is 0 Å². The molecule has 2 aromatic heterocycles. The van der Waals surface area contributed by atoms with E-state index in [0.717, 1.165) is 6.42 Å². The first kappa shape index (κ1) is 18.1. The first-order chi connectivity index (χ1) is 12.5. The van der Waals surface area contributed by atoms with E-state index in [1.54, 1.807) is 11.4 Å². The summed E-state index contributed by atoms with van der Waals surface area (Å²) in [6.07, 6.45) is 1.55. The van der Waals surface area contributed by atoms with Gasteiger partial charge in [-0.1, -0.05) is 13.3 Å². The van der Waals surface area contributed by atoms with Gasteiger partial charge in [0.2, 0.25) is 5.91 Å². The molecule has 0 spiro atoms. The van der Waals surface area contributed by atoms with Crippen LogP contribution in [0.3, 0.4) is 0 Å². The number of anilines is 1. The smallest absolute Gasteiger partial charge is 0.325 e. The average Bonchev–Trinajstić information content (AvgIpc) is 3.10. The van der Waals surface area contributed by atoms with Gasteiger partial charge in [0.05, 0.1) is 5.52 Å². The van der Waals surface area contributed by atoms with Crippen molar-refractivity contribution in [3.63, 3.8) is 0 Å². The van der Waals surface area contributed by atoms with E-state index in [2.05, 4.69) is 5.32 Å². The van der Waals surface area contributed by atoms with Crippen LogP contribution in [-0.2, 0) is 17.9 Å². The van der Waals surface area contributed by atoms with Gasteiger partial charge in [0.1, 0.15) is 17.1 Å². The summed E-state index contributed by atoms with van der Waals surface area (Å²) in [5, 5.41) is 4.36. The molecule has 1 aromatic carbocycles. The predicted octanol–water partition coefficient (Wildman–Crippen LogP) is 2.80. The number of nitrogens with one attached hydrogen (secondary N) is 1. The first-order valence-electron chi connectivity index (χ1n) is 8.27. The maximum Gasteiger partial charge on any atom is 0.332 e. The number of carbonyl (C=O) groups excluding carboxylic acids is 1. The van der Waals surface area contributed by atoms with Crippen LogP contribution in [0.2, 0.25) is 0 Å². The molecule has 0 radical (unpaired) electrons. The van der Waals surface area contributed by atoms with Crippen LogP contribution in [0.4, 0.5) is 10.1 Å². The SMILES string of the molecule is CCCCn1c(=O)c2sccc2n(CC(=O)Nc2ccc(F)cc2)c1=O. The van der Waals surface area contributed by atoms with E-state index in [9.17, 15) is 18.8 Å². The van der Waals surface area contributed by atoms with Crippen molar-refractivity contribution < 1.29 is 9.18 Å². The van der Waals surface area contributed by atoms with Crippen molar-refractivity contribution >= 4 is 33.1 Å². The zero-order valence-electron chi connectivity index (χ0n) is 14.2. The van der Waals surface area contributed by atoms with Gasteiger partial charge in [-0.3, -0.25) is 18.7 Å². The molecule has 0 bridgehead atoms. The topological polar surface area (TPSA) is 73.1 Å². The third-order valence-electron chi connectivity index (χ3n) is 4.00. The normalized spacial score (nSPS) is 11.0. The third-order valence-corrected chi connectivity index (χ3v) is 4.89. The number of aromatic nitrogens is 2. The van der Waals surface area contributed by atoms with E-state index in [0.29, 0.717) is 28.9 Å². The van der Waals surface area contributed by atoms with Crippen LogP contribution in [0, 0.1) is 5.82 Å². The lowest BCUT2D eigenvalue weighted by atomic mass is 10.3. The summed E-state index contributed by atoms with van der Waals surface area (Å²) in [6, 6.07) is 7.03. The molecule has 136 valence electrons. The zero-order chi connectivity index (χ0) is 18.7. The van der Waals surface area contributed by atoms with Crippen molar-refractivity contribution in [3.05, 3.63) is 62.4 Å². The summed E-state index contributed by atoms with van der Waals surface area (Å²) in [7, 11) is 0. The fraction of sp³-hybridized carbons (Fsp3) is 0.278. The summed E-state index contributed by atoms with van der Waals surface area (Å²) in [5.74, 6) is -0.825. The van der Waals surface area contributed by atoms with Crippen molar-refractivity contribution in [1.82, 2.24) is 9.13 Å². The van der Waals surface area contributed by atoms with Crippen molar-refractivity contribution in [2.45, 2.75) is 32.9 Å². The third kappa shape index (κ3) is 3.60. The molecule has 3 rings (SSSR count). The largest absolute Gasteiger partial charge is 0.332 e. The number of rotatable bonds is 6. The molecule has 6 nitrogen and oxygen atoms in total. The molecule has 0 saturated heterocycles. The van der Waals surface area contributed by atoms with Crippen LogP contribution >= 0.6 is 11.3 Å². The van der Waals surface area contributed by atoms with Crippen LogP contribution in [-0.4, -0.2) is 15.0 Å². The van der Waals surface area contributed by atoms with Gasteiger partial charge < -0.3 is 5.32 Å². The fourth-order valence-corrected chi connectivity index (χ4v) is 3.52. The molecule has 0 aliphatic carbocycles. The summed E-state index contributed by atoms with van der Waals surface area (Å²) in [5.41, 5.74) is 0.0737. The number of benzene rings is 1. The lowest BCUT2D eigenvalue weighted by Gasteiger charge is -2.12. The van der Waals surface area contributed by atoms with Gasteiger partial charge in [0.25, 0.3) is 5.56 Å². The highest BCUT2D eigenvalue weighted by Crippen LogP contribution is 2.16. The second kappa shape index (κ2) is 7.65. The molecule has 0 fully saturated rings. The first-order valence-corrected chi connectivity index (χ1v) is 9.15. The Hall–Kier alpha value is -2.74. The van der Waals surface area contributed by atoms with Crippen LogP contribution in [0.25, 0.3) is 10.2 Å². The Labute approximate surface area is 152 Å². The molecule has 0 unspecified atom stereocenters. The number of nitrogens with zero attached hydrogens (tertiary/aromatic N) is 2. The quantitative estimate of drug-likeness (QED) is 0.720. The molecule has 8 heteroatoms. The Bertz CT molecular complexity index is 1050. The van der Waals surface area contributed by atoms with E-state index >= 15 is 0 Å². The van der Waals surface area contributed by atoms with Crippen molar-refractivity contribution in [1.29, 1.82) is 0 Å². The maximum absolute atomic E-state index is 13.0. The second-order valence-electron chi connectivity index (χ2n) is 5.87. The summed E-state index contributed by atoms with van der Waals surface area (Å²) >= 11 is 1.25. The van der Waals surface area contributed by atoms with Gasteiger partial charge in [-0.25, -0.2) is 9.18 Å². The molecule has 0 aliphatic rings. The fourth-order valence-electron chi connectivity index (χ4n) is 2.68. The Morgan fingerprint density at radius 1 is 1.15 bits per heavy atom. The molecule has 1 N–H and O–H groups in total. The van der Waals surface area contributed by atoms with E-state index in [1.165, 1.54) is 44.7 Å². The molecular weight excluding hydrogens is 357 g/mol. The van der Waals surface area contributed by atoms with Crippen LogP contribution in [0.15, 0.2) is 45.3 Å². The maximum atomic E-state index is 13.0. The van der Waals surface area contributed by atoms with Crippen molar-refractivity contribution in [2.75, 3.05) is 5.32 Å². The van der Waals surface area contributed by atoms with Gasteiger partial charge >= 0.3 is 5.69 Å². The number of halogens is 1. The van der Waals surface area contributed by atoms with E-state index in [4.69, 9.17) is 0 Å². The standard InChI is InChI=1S/C18H18FN3O3S/c1-2-3-9-21-17(24)16-14(8-10-26-16)22(18(21)25)11-15(23)20-13-6-4-12(19)5-7-13/h4-8,10H,2-3,9,11H2,1H3,(H,20,23). The number of hydrogen-bond acceptors (Lipinski definition) is 4. The summed E-state index contributed by atoms with van der Waals surface area (Å²) in [4.78, 5) is 37.6. The summed E-state index contributed by atoms with van der Waals surface area (Å²) < 4.78 is 15.9. The average molecular weight is 375 g/mol. The second-order valence-corrected chi connectivity index (χ2v) is 6.79. The van der Waals surface area contributed by atoms with Crippen molar-refractivity contribution in [3.8, 4) is 0 Å². The highest BCUT2D eigenvalue weighted by molar-refractivity contribution is 7.17. The zero-order valence-corrected chi connectivity index (χ0v) is 15.0. The number of unbranched alkanes of at least 4 members (excludes halogenated alkanes) is 1. The molecular formula is C18H18FN3O3S. The molecule has 26 heavy (non-hydrogen) atoms. The lowest BCUT2D eigenvalue weighted by molar-refractivity contribution is -0.116. The predicted molar refractivity (Wildman–Crippen MR) is 100 cm³/mol. The molecule has 0 saturated carbocycles. The molecule has 3 aromatic rings. The Kier molecular flexibility index (Phi) is 5.32. The van der Waals surface area contributed by atoms with Gasteiger partial charge in [-0.15, -0.1) is 11.3 Å². The molecule has 2 heterocycles. The number of thiophene rings is 1. The number of amides is 1. The number of carbonyl (C=O) groups is 1. The van der Waals surface area contributed by atoms with E-state index in [1.807, 2.05) is 6.92 Å². The van der Waals surface area contributed by atoms with Gasteiger partial charge in [-0.05, 0) is 42.1 Å². The van der Waals surface area contributed by atoms with Crippen LogP contribution in [0.1, 0.15) is 19.8 Å². The monoisotopic (exact) mass is 375 g/mol. The Morgan fingerprint density at radius 3 is 2.58 bits per heavy atom. The van der Waals surface area contributed by atoms with Gasteiger partial charge in [-0.2, -0.15) is 0 Å². The summed E-state index contributed by atoms with van der Waals surface area (Å²) in [6.45, 7) is 2.07. The molecule has 0 atom stereocenters. The molecule has 0 aliphatic heterocycles. The minimum atomic E-state index is -0.497. The van der Waals surface area contributed by atoms with E-state index in [-0.39, 0.29) is 12.1 Å². The van der Waals surface area contributed by atoms with Crippen LogP contribution < -0.4 is 16.6 Å². The van der Waals surface area contributed by atoms with Gasteiger partial charge in [0, 0.05) is 12.2 Å².